The van der Waals surface area contributed by atoms with Crippen LogP contribution in [0.2, 0.25) is 5.02 Å². The largest absolute Gasteiger partial charge is 0.495 e. The SMILES string of the molecule is COc1ccc(NC(=O)N2C[C@@H]3CCCN3C(=O)[C@@H]2C)cc1Cl. The third kappa shape index (κ3) is 2.95. The van der Waals surface area contributed by atoms with Crippen molar-refractivity contribution < 1.29 is 14.3 Å². The van der Waals surface area contributed by atoms with Gasteiger partial charge in [0.25, 0.3) is 0 Å². The standard InChI is InChI=1S/C16H20ClN3O3/c1-10-15(21)19-7-3-4-12(19)9-20(10)16(22)18-11-5-6-14(23-2)13(17)8-11/h5-6,8,10,12H,3-4,7,9H2,1-2H3,(H,18,22)/t10-,12-/m0/s1. The molecule has 124 valence electrons. The maximum Gasteiger partial charge on any atom is 0.322 e. The van der Waals surface area contributed by atoms with Crippen molar-refractivity contribution in [2.24, 2.45) is 0 Å². The lowest BCUT2D eigenvalue weighted by Gasteiger charge is -2.41. The molecule has 0 spiro atoms. The number of benzene rings is 1. The lowest BCUT2D eigenvalue weighted by Crippen LogP contribution is -2.60. The van der Waals surface area contributed by atoms with E-state index in [2.05, 4.69) is 5.32 Å². The van der Waals surface area contributed by atoms with Gasteiger partial charge in [-0.3, -0.25) is 4.79 Å². The number of rotatable bonds is 2. The second-order valence-corrected chi connectivity index (χ2v) is 6.34. The number of carbonyl (C=O) groups excluding carboxylic acids is 2. The van der Waals surface area contributed by atoms with E-state index in [1.54, 1.807) is 30.0 Å². The van der Waals surface area contributed by atoms with Gasteiger partial charge in [-0.25, -0.2) is 4.79 Å². The molecule has 2 atom stereocenters. The van der Waals surface area contributed by atoms with Crippen molar-refractivity contribution in [2.75, 3.05) is 25.5 Å². The Morgan fingerprint density at radius 1 is 1.43 bits per heavy atom. The summed E-state index contributed by atoms with van der Waals surface area (Å²) in [7, 11) is 1.54. The van der Waals surface area contributed by atoms with Crippen LogP contribution < -0.4 is 10.1 Å². The molecular weight excluding hydrogens is 318 g/mol. The highest BCUT2D eigenvalue weighted by Gasteiger charge is 2.42. The van der Waals surface area contributed by atoms with E-state index in [-0.39, 0.29) is 18.0 Å². The highest BCUT2D eigenvalue weighted by molar-refractivity contribution is 6.32. The molecule has 2 saturated heterocycles. The molecular formula is C16H20ClN3O3. The number of fused-ring (bicyclic) bond motifs is 1. The van der Waals surface area contributed by atoms with Gasteiger partial charge in [-0.1, -0.05) is 11.6 Å². The Morgan fingerprint density at radius 2 is 2.22 bits per heavy atom. The molecule has 0 aromatic heterocycles. The number of anilines is 1. The van der Waals surface area contributed by atoms with Gasteiger partial charge in [0.05, 0.1) is 12.1 Å². The number of hydrogen-bond acceptors (Lipinski definition) is 3. The summed E-state index contributed by atoms with van der Waals surface area (Å²) in [6.07, 6.45) is 1.96. The number of carbonyl (C=O) groups is 2. The molecule has 1 N–H and O–H groups in total. The highest BCUT2D eigenvalue weighted by atomic mass is 35.5. The van der Waals surface area contributed by atoms with Gasteiger partial charge in [0, 0.05) is 24.8 Å². The predicted molar refractivity (Wildman–Crippen MR) is 87.9 cm³/mol. The number of ether oxygens (including phenoxy) is 1. The van der Waals surface area contributed by atoms with E-state index in [9.17, 15) is 9.59 Å². The molecule has 1 aromatic rings. The number of halogens is 1. The van der Waals surface area contributed by atoms with E-state index < -0.39 is 6.04 Å². The second-order valence-electron chi connectivity index (χ2n) is 5.94. The fourth-order valence-corrected chi connectivity index (χ4v) is 3.53. The van der Waals surface area contributed by atoms with Crippen molar-refractivity contribution in [1.29, 1.82) is 0 Å². The molecule has 3 rings (SSSR count). The lowest BCUT2D eigenvalue weighted by atomic mass is 10.1. The number of amides is 3. The summed E-state index contributed by atoms with van der Waals surface area (Å²) >= 11 is 6.07. The Bertz CT molecular complexity index is 637. The van der Waals surface area contributed by atoms with Crippen LogP contribution in [0.3, 0.4) is 0 Å². The summed E-state index contributed by atoms with van der Waals surface area (Å²) in [5.74, 6) is 0.578. The normalized spacial score (nSPS) is 23.7. The number of urea groups is 1. The maximum absolute atomic E-state index is 12.5. The Morgan fingerprint density at radius 3 is 2.91 bits per heavy atom. The molecule has 0 bridgehead atoms. The third-order valence-corrected chi connectivity index (χ3v) is 4.85. The molecule has 3 amide bonds. The first-order valence-electron chi connectivity index (χ1n) is 7.73. The van der Waals surface area contributed by atoms with Crippen LogP contribution >= 0.6 is 11.6 Å². The number of methoxy groups -OCH3 is 1. The third-order valence-electron chi connectivity index (χ3n) is 4.56. The predicted octanol–water partition coefficient (Wildman–Crippen LogP) is 2.58. The van der Waals surface area contributed by atoms with Crippen LogP contribution in [0.1, 0.15) is 19.8 Å². The minimum Gasteiger partial charge on any atom is -0.495 e. The fourth-order valence-electron chi connectivity index (χ4n) is 3.27. The molecule has 2 heterocycles. The molecule has 1 aromatic carbocycles. The van der Waals surface area contributed by atoms with Gasteiger partial charge in [0.1, 0.15) is 11.8 Å². The summed E-state index contributed by atoms with van der Waals surface area (Å²) in [4.78, 5) is 28.4. The molecule has 6 nitrogen and oxygen atoms in total. The van der Waals surface area contributed by atoms with Crippen molar-refractivity contribution in [2.45, 2.75) is 31.8 Å². The highest BCUT2D eigenvalue weighted by Crippen LogP contribution is 2.29. The summed E-state index contributed by atoms with van der Waals surface area (Å²) in [5, 5.41) is 3.24. The van der Waals surface area contributed by atoms with Crippen molar-refractivity contribution in [3.8, 4) is 5.75 Å². The molecule has 0 aliphatic carbocycles. The van der Waals surface area contributed by atoms with Gasteiger partial charge in [-0.05, 0) is 38.0 Å². The first kappa shape index (κ1) is 15.9. The molecule has 7 heteroatoms. The zero-order chi connectivity index (χ0) is 16.6. The number of nitrogens with zero attached hydrogens (tertiary/aromatic N) is 2. The van der Waals surface area contributed by atoms with Gasteiger partial charge >= 0.3 is 6.03 Å². The molecule has 2 aliphatic rings. The van der Waals surface area contributed by atoms with Gasteiger partial charge < -0.3 is 19.9 Å². The molecule has 0 radical (unpaired) electrons. The average Bonchev–Trinajstić information content (AvgIpc) is 2.99. The summed E-state index contributed by atoms with van der Waals surface area (Å²) in [6, 6.07) is 4.47. The second kappa shape index (κ2) is 6.28. The van der Waals surface area contributed by atoms with Crippen LogP contribution in [0.5, 0.6) is 5.75 Å². The summed E-state index contributed by atoms with van der Waals surface area (Å²) in [5.41, 5.74) is 0.578. The van der Waals surface area contributed by atoms with Crippen LogP contribution in [-0.4, -0.2) is 54.0 Å². The maximum atomic E-state index is 12.5. The molecule has 2 aliphatic heterocycles. The minimum atomic E-state index is -0.446. The van der Waals surface area contributed by atoms with Crippen molar-refractivity contribution in [3.63, 3.8) is 0 Å². The van der Waals surface area contributed by atoms with E-state index in [0.717, 1.165) is 19.4 Å². The van der Waals surface area contributed by atoms with Crippen LogP contribution in [0, 0.1) is 0 Å². The van der Waals surface area contributed by atoms with Gasteiger partial charge in [-0.15, -0.1) is 0 Å². The quantitative estimate of drug-likeness (QED) is 0.902. The van der Waals surface area contributed by atoms with E-state index in [4.69, 9.17) is 16.3 Å². The Kier molecular flexibility index (Phi) is 4.35. The topological polar surface area (TPSA) is 61.9 Å². The molecule has 2 fully saturated rings. The van der Waals surface area contributed by atoms with Crippen LogP contribution in [0.25, 0.3) is 0 Å². The van der Waals surface area contributed by atoms with Crippen LogP contribution in [-0.2, 0) is 4.79 Å². The summed E-state index contributed by atoms with van der Waals surface area (Å²) < 4.78 is 5.09. The van der Waals surface area contributed by atoms with Gasteiger partial charge in [0.15, 0.2) is 0 Å². The van der Waals surface area contributed by atoms with Crippen LogP contribution in [0.15, 0.2) is 18.2 Å². The number of hydrogen-bond donors (Lipinski definition) is 1. The molecule has 0 unspecified atom stereocenters. The zero-order valence-corrected chi connectivity index (χ0v) is 14.0. The van der Waals surface area contributed by atoms with Crippen molar-refractivity contribution in [1.82, 2.24) is 9.80 Å². The first-order chi connectivity index (χ1) is 11.0. The van der Waals surface area contributed by atoms with E-state index >= 15 is 0 Å². The van der Waals surface area contributed by atoms with Crippen molar-refractivity contribution in [3.05, 3.63) is 23.2 Å². The van der Waals surface area contributed by atoms with E-state index in [1.807, 2.05) is 4.90 Å². The first-order valence-corrected chi connectivity index (χ1v) is 8.10. The lowest BCUT2D eigenvalue weighted by molar-refractivity contribution is -0.140. The Labute approximate surface area is 140 Å². The average molecular weight is 338 g/mol. The number of piperazine rings is 1. The summed E-state index contributed by atoms with van der Waals surface area (Å²) in [6.45, 7) is 3.15. The number of nitrogens with one attached hydrogen (secondary N) is 1. The Balaban J connectivity index is 1.72. The fraction of sp³-hybridized carbons (Fsp3) is 0.500. The van der Waals surface area contributed by atoms with E-state index in [0.29, 0.717) is 23.0 Å². The van der Waals surface area contributed by atoms with E-state index in [1.165, 1.54) is 7.11 Å². The Hall–Kier alpha value is -1.95. The van der Waals surface area contributed by atoms with Crippen molar-refractivity contribution >= 4 is 29.2 Å². The molecule has 23 heavy (non-hydrogen) atoms. The van der Waals surface area contributed by atoms with Crippen LogP contribution in [0.4, 0.5) is 10.5 Å². The minimum absolute atomic E-state index is 0.0293. The smallest absolute Gasteiger partial charge is 0.322 e. The monoisotopic (exact) mass is 337 g/mol. The zero-order valence-electron chi connectivity index (χ0n) is 13.2. The van der Waals surface area contributed by atoms with Gasteiger partial charge in [-0.2, -0.15) is 0 Å². The van der Waals surface area contributed by atoms with Gasteiger partial charge in [0.2, 0.25) is 5.91 Å². The molecule has 0 saturated carbocycles.